The molecule has 1 heterocycles. The number of methoxy groups -OCH3 is 1. The van der Waals surface area contributed by atoms with Gasteiger partial charge in [0, 0.05) is 5.56 Å². The van der Waals surface area contributed by atoms with Gasteiger partial charge in [0.05, 0.1) is 18.9 Å². The van der Waals surface area contributed by atoms with Gasteiger partial charge in [-0.15, -0.1) is 0 Å². The number of carbonyl (C=O) groups excluding carboxylic acids is 1. The number of halogens is 1. The van der Waals surface area contributed by atoms with E-state index in [0.29, 0.717) is 17.0 Å². The van der Waals surface area contributed by atoms with Gasteiger partial charge in [-0.25, -0.2) is 14.3 Å². The normalized spacial score (nSPS) is 11.0. The topological polar surface area (TPSA) is 72.3 Å². The van der Waals surface area contributed by atoms with E-state index >= 15 is 0 Å². The van der Waals surface area contributed by atoms with E-state index in [2.05, 4.69) is 20.0 Å². The summed E-state index contributed by atoms with van der Waals surface area (Å²) in [6, 6.07) is 12.7. The van der Waals surface area contributed by atoms with Crippen LogP contribution in [0.15, 0.2) is 53.6 Å². The summed E-state index contributed by atoms with van der Waals surface area (Å²) in [7, 11) is 1.33. The molecule has 1 aromatic heterocycles. The largest absolute Gasteiger partial charge is 0.465 e. The third-order valence-corrected chi connectivity index (χ3v) is 3.65. The second-order valence-electron chi connectivity index (χ2n) is 5.03. The molecule has 6 nitrogen and oxygen atoms in total. The summed E-state index contributed by atoms with van der Waals surface area (Å²) < 4.78 is 19.8. The van der Waals surface area contributed by atoms with E-state index in [-0.39, 0.29) is 10.6 Å². The summed E-state index contributed by atoms with van der Waals surface area (Å²) in [6.07, 6.45) is 1.56. The van der Waals surface area contributed by atoms with Crippen LogP contribution in [0.1, 0.15) is 15.9 Å². The zero-order valence-corrected chi connectivity index (χ0v) is 14.0. The number of ether oxygens (including phenoxy) is 1. The van der Waals surface area contributed by atoms with Gasteiger partial charge in [-0.05, 0) is 42.0 Å². The van der Waals surface area contributed by atoms with Crippen molar-refractivity contribution < 1.29 is 13.9 Å². The van der Waals surface area contributed by atoms with Gasteiger partial charge in [0.2, 0.25) is 4.77 Å². The second kappa shape index (κ2) is 7.18. The zero-order chi connectivity index (χ0) is 17.8. The van der Waals surface area contributed by atoms with Gasteiger partial charge in [-0.3, -0.25) is 0 Å². The molecule has 0 radical (unpaired) electrons. The van der Waals surface area contributed by atoms with Crippen LogP contribution in [-0.2, 0) is 4.74 Å². The summed E-state index contributed by atoms with van der Waals surface area (Å²) in [5.41, 5.74) is 1.74. The molecule has 0 bridgehead atoms. The van der Waals surface area contributed by atoms with Crippen LogP contribution in [0.5, 0.6) is 0 Å². The highest BCUT2D eigenvalue weighted by Crippen LogP contribution is 2.18. The van der Waals surface area contributed by atoms with E-state index in [1.165, 1.54) is 23.9 Å². The van der Waals surface area contributed by atoms with Gasteiger partial charge < -0.3 is 4.74 Å². The Kier molecular flexibility index (Phi) is 4.80. The number of hydrogen-bond acceptors (Lipinski definition) is 5. The van der Waals surface area contributed by atoms with E-state index in [1.54, 1.807) is 42.6 Å². The quantitative estimate of drug-likeness (QED) is 0.442. The summed E-state index contributed by atoms with van der Waals surface area (Å²) in [6.45, 7) is 0. The standard InChI is InChI=1S/C17H13FN4O2S/c1-24-16(23)12-7-5-11(6-8-12)10-19-22-15(20-21-17(22)25)13-3-2-4-14(18)9-13/h2-10H,1H3,(H,21,25)/b19-10-. The highest BCUT2D eigenvalue weighted by Gasteiger charge is 2.09. The molecule has 0 saturated carbocycles. The predicted octanol–water partition coefficient (Wildman–Crippen LogP) is 3.42. The molecule has 0 unspecified atom stereocenters. The van der Waals surface area contributed by atoms with Gasteiger partial charge in [0.1, 0.15) is 5.82 Å². The van der Waals surface area contributed by atoms with Gasteiger partial charge in [0.15, 0.2) is 5.82 Å². The number of aromatic amines is 1. The fourth-order valence-corrected chi connectivity index (χ4v) is 2.34. The minimum atomic E-state index is -0.408. The molecule has 0 amide bonds. The third kappa shape index (κ3) is 3.69. The fraction of sp³-hybridized carbons (Fsp3) is 0.0588. The molecule has 2 aromatic carbocycles. The highest BCUT2D eigenvalue weighted by molar-refractivity contribution is 7.71. The summed E-state index contributed by atoms with van der Waals surface area (Å²) in [5.74, 6) is -0.388. The molecule has 3 aromatic rings. The van der Waals surface area contributed by atoms with E-state index in [1.807, 2.05) is 0 Å². The maximum Gasteiger partial charge on any atom is 0.337 e. The molecule has 0 atom stereocenters. The van der Waals surface area contributed by atoms with Crippen molar-refractivity contribution in [1.29, 1.82) is 0 Å². The van der Waals surface area contributed by atoms with Crippen molar-refractivity contribution in [3.63, 3.8) is 0 Å². The maximum absolute atomic E-state index is 13.4. The smallest absolute Gasteiger partial charge is 0.337 e. The van der Waals surface area contributed by atoms with E-state index in [9.17, 15) is 9.18 Å². The zero-order valence-electron chi connectivity index (χ0n) is 13.1. The predicted molar refractivity (Wildman–Crippen MR) is 93.6 cm³/mol. The lowest BCUT2D eigenvalue weighted by Crippen LogP contribution is -2.01. The number of esters is 1. The molecule has 0 aliphatic carbocycles. The second-order valence-corrected chi connectivity index (χ2v) is 5.42. The Morgan fingerprint density at radius 2 is 2.08 bits per heavy atom. The van der Waals surface area contributed by atoms with Crippen molar-refractivity contribution in [3.05, 3.63) is 70.2 Å². The Balaban J connectivity index is 1.91. The van der Waals surface area contributed by atoms with Crippen LogP contribution in [0.4, 0.5) is 4.39 Å². The third-order valence-electron chi connectivity index (χ3n) is 3.39. The lowest BCUT2D eigenvalue weighted by atomic mass is 10.1. The van der Waals surface area contributed by atoms with Gasteiger partial charge in [-0.2, -0.15) is 14.9 Å². The average Bonchev–Trinajstić information content (AvgIpc) is 3.00. The van der Waals surface area contributed by atoms with Crippen molar-refractivity contribution in [3.8, 4) is 11.4 Å². The number of carbonyl (C=O) groups is 1. The van der Waals surface area contributed by atoms with Crippen LogP contribution in [0.3, 0.4) is 0 Å². The molecular weight excluding hydrogens is 343 g/mol. The van der Waals surface area contributed by atoms with Gasteiger partial charge >= 0.3 is 5.97 Å². The molecule has 0 aliphatic rings. The van der Waals surface area contributed by atoms with E-state index in [4.69, 9.17) is 12.2 Å². The van der Waals surface area contributed by atoms with E-state index < -0.39 is 5.97 Å². The summed E-state index contributed by atoms with van der Waals surface area (Å²) >= 11 is 5.17. The lowest BCUT2D eigenvalue weighted by molar-refractivity contribution is 0.0600. The van der Waals surface area contributed by atoms with Crippen LogP contribution in [0.2, 0.25) is 0 Å². The number of benzene rings is 2. The monoisotopic (exact) mass is 356 g/mol. The van der Waals surface area contributed by atoms with Crippen LogP contribution >= 0.6 is 12.2 Å². The summed E-state index contributed by atoms with van der Waals surface area (Å²) in [5, 5.41) is 11.0. The maximum atomic E-state index is 13.4. The molecule has 0 fully saturated rings. The molecule has 8 heteroatoms. The number of hydrogen-bond donors (Lipinski definition) is 1. The number of nitrogens with one attached hydrogen (secondary N) is 1. The SMILES string of the molecule is COC(=O)c1ccc(/C=N\n2c(-c3cccc(F)c3)n[nH]c2=S)cc1. The van der Waals surface area contributed by atoms with Crippen LogP contribution in [-0.4, -0.2) is 34.2 Å². The number of H-pyrrole nitrogens is 1. The first-order chi connectivity index (χ1) is 12.1. The Labute approximate surface area is 147 Å². The Bertz CT molecular complexity index is 992. The van der Waals surface area contributed by atoms with Gasteiger partial charge in [-0.1, -0.05) is 24.3 Å². The van der Waals surface area contributed by atoms with Crippen LogP contribution in [0, 0.1) is 10.6 Å². The first-order valence-electron chi connectivity index (χ1n) is 7.24. The number of aromatic nitrogens is 3. The lowest BCUT2D eigenvalue weighted by Gasteiger charge is -2.02. The molecule has 0 saturated heterocycles. The molecule has 0 spiro atoms. The average molecular weight is 356 g/mol. The van der Waals surface area contributed by atoms with Crippen LogP contribution in [0.25, 0.3) is 11.4 Å². The van der Waals surface area contributed by atoms with Crippen molar-refractivity contribution in [2.24, 2.45) is 5.10 Å². The Morgan fingerprint density at radius 3 is 2.76 bits per heavy atom. The number of nitrogens with zero attached hydrogens (tertiary/aromatic N) is 3. The van der Waals surface area contributed by atoms with Crippen molar-refractivity contribution in [2.75, 3.05) is 7.11 Å². The molecule has 0 aliphatic heterocycles. The van der Waals surface area contributed by atoms with Crippen molar-refractivity contribution in [2.45, 2.75) is 0 Å². The Hall–Kier alpha value is -3.13. The molecular formula is C17H13FN4O2S. The molecule has 3 rings (SSSR count). The van der Waals surface area contributed by atoms with Crippen molar-refractivity contribution >= 4 is 24.4 Å². The minimum Gasteiger partial charge on any atom is -0.465 e. The fourth-order valence-electron chi connectivity index (χ4n) is 2.16. The molecule has 25 heavy (non-hydrogen) atoms. The first kappa shape index (κ1) is 16.7. The minimum absolute atomic E-state index is 0.279. The van der Waals surface area contributed by atoms with Crippen molar-refractivity contribution in [1.82, 2.24) is 14.9 Å². The van der Waals surface area contributed by atoms with E-state index in [0.717, 1.165) is 5.56 Å². The number of rotatable bonds is 4. The van der Waals surface area contributed by atoms with Gasteiger partial charge in [0.25, 0.3) is 0 Å². The summed E-state index contributed by atoms with van der Waals surface area (Å²) in [4.78, 5) is 11.4. The highest BCUT2D eigenvalue weighted by atomic mass is 32.1. The molecule has 1 N–H and O–H groups in total. The first-order valence-corrected chi connectivity index (χ1v) is 7.65. The molecule has 126 valence electrons. The van der Waals surface area contributed by atoms with Crippen LogP contribution < -0.4 is 0 Å². The Morgan fingerprint density at radius 1 is 1.32 bits per heavy atom.